The topological polar surface area (TPSA) is 79.1 Å². The van der Waals surface area contributed by atoms with E-state index >= 15 is 0 Å². The second kappa shape index (κ2) is 13.1. The highest BCUT2D eigenvalue weighted by atomic mass is 16.6. The third-order valence-electron chi connectivity index (χ3n) is 4.11. The molecule has 144 valence electrons. The van der Waals surface area contributed by atoms with Crippen molar-refractivity contribution >= 4 is 11.7 Å². The van der Waals surface area contributed by atoms with Crippen molar-refractivity contribution in [2.45, 2.75) is 58.0 Å². The van der Waals surface area contributed by atoms with Crippen LogP contribution >= 0.6 is 0 Å². The van der Waals surface area contributed by atoms with Gasteiger partial charge in [0.1, 0.15) is 12.8 Å². The Labute approximate surface area is 156 Å². The third kappa shape index (κ3) is 8.81. The Morgan fingerprint density at radius 2 is 2.12 bits per heavy atom. The fourth-order valence-electron chi connectivity index (χ4n) is 2.75. The molecule has 2 unspecified atom stereocenters. The zero-order valence-corrected chi connectivity index (χ0v) is 15.8. The van der Waals surface area contributed by atoms with E-state index in [1.54, 1.807) is 0 Å². The molecule has 5 nitrogen and oxygen atoms in total. The summed E-state index contributed by atoms with van der Waals surface area (Å²) in [6.07, 6.45) is 18.5. The van der Waals surface area contributed by atoms with E-state index in [-0.39, 0.29) is 12.3 Å². The standard InChI is InChI=1S/C21H31NO4/c1-3-4-7-11-18(23)14-15-19-17(13-16-20(19)22-26-2)10-8-5-6-9-12-21(24)25/h4-5,7-8,13,15-18,23H,3,6,9-12,14H2,1-2H3,(H,24,25)/b7-4-,8-5-,19-15?,22-20-. The number of allylic oxidation sites excluding steroid dienone is 6. The highest BCUT2D eigenvalue weighted by Gasteiger charge is 2.21. The molecule has 0 aromatic carbocycles. The van der Waals surface area contributed by atoms with E-state index in [0.717, 1.165) is 30.5 Å². The summed E-state index contributed by atoms with van der Waals surface area (Å²) in [5.41, 5.74) is 1.87. The maximum absolute atomic E-state index is 10.5. The minimum Gasteiger partial charge on any atom is -0.481 e. The van der Waals surface area contributed by atoms with Gasteiger partial charge in [-0.15, -0.1) is 0 Å². The quantitative estimate of drug-likeness (QED) is 0.306. The average molecular weight is 361 g/mol. The largest absolute Gasteiger partial charge is 0.481 e. The molecule has 0 aromatic rings. The van der Waals surface area contributed by atoms with Gasteiger partial charge < -0.3 is 15.1 Å². The van der Waals surface area contributed by atoms with E-state index in [9.17, 15) is 9.90 Å². The van der Waals surface area contributed by atoms with Crippen LogP contribution in [0.1, 0.15) is 51.9 Å². The second-order valence-corrected chi connectivity index (χ2v) is 6.28. The summed E-state index contributed by atoms with van der Waals surface area (Å²) in [5, 5.41) is 22.8. The lowest BCUT2D eigenvalue weighted by Crippen LogP contribution is -2.07. The first-order valence-corrected chi connectivity index (χ1v) is 9.28. The van der Waals surface area contributed by atoms with Crippen LogP contribution in [-0.4, -0.2) is 35.1 Å². The van der Waals surface area contributed by atoms with Gasteiger partial charge in [0.05, 0.1) is 6.10 Å². The third-order valence-corrected chi connectivity index (χ3v) is 4.11. The number of hydrogen-bond acceptors (Lipinski definition) is 4. The lowest BCUT2D eigenvalue weighted by atomic mass is 9.95. The predicted octanol–water partition coefficient (Wildman–Crippen LogP) is 4.41. The van der Waals surface area contributed by atoms with Crippen molar-refractivity contribution < 1.29 is 19.8 Å². The number of carboxylic acid groups (broad SMARTS) is 1. The van der Waals surface area contributed by atoms with Gasteiger partial charge in [0.15, 0.2) is 0 Å². The van der Waals surface area contributed by atoms with E-state index < -0.39 is 12.1 Å². The monoisotopic (exact) mass is 361 g/mol. The second-order valence-electron chi connectivity index (χ2n) is 6.28. The van der Waals surface area contributed by atoms with Crippen LogP contribution in [0.15, 0.2) is 53.3 Å². The van der Waals surface area contributed by atoms with Crippen molar-refractivity contribution in [3.63, 3.8) is 0 Å². The van der Waals surface area contributed by atoms with Crippen molar-refractivity contribution in [3.8, 4) is 0 Å². The minimum absolute atomic E-state index is 0.202. The molecule has 1 aliphatic carbocycles. The number of rotatable bonds is 12. The van der Waals surface area contributed by atoms with Gasteiger partial charge in [0.2, 0.25) is 0 Å². The van der Waals surface area contributed by atoms with Gasteiger partial charge in [-0.1, -0.05) is 48.5 Å². The molecule has 0 spiro atoms. The molecule has 1 aliphatic rings. The number of carbonyl (C=O) groups is 1. The Morgan fingerprint density at radius 3 is 2.81 bits per heavy atom. The smallest absolute Gasteiger partial charge is 0.303 e. The Kier molecular flexibility index (Phi) is 11.0. The number of aliphatic hydroxyl groups is 1. The molecule has 1 rings (SSSR count). The zero-order valence-electron chi connectivity index (χ0n) is 15.8. The first-order chi connectivity index (χ1) is 12.6. The molecule has 0 amide bonds. The lowest BCUT2D eigenvalue weighted by molar-refractivity contribution is -0.137. The number of oxime groups is 1. The number of aliphatic hydroxyl groups excluding tert-OH is 1. The number of nitrogens with zero attached hydrogens (tertiary/aromatic N) is 1. The molecule has 0 heterocycles. The summed E-state index contributed by atoms with van der Waals surface area (Å²) in [7, 11) is 1.53. The molecule has 0 saturated heterocycles. The highest BCUT2D eigenvalue weighted by Crippen LogP contribution is 2.27. The molecule has 5 heteroatoms. The molecule has 0 aliphatic heterocycles. The molecule has 0 bridgehead atoms. The highest BCUT2D eigenvalue weighted by molar-refractivity contribution is 6.11. The van der Waals surface area contributed by atoms with Crippen LogP contribution in [0.3, 0.4) is 0 Å². The van der Waals surface area contributed by atoms with Gasteiger partial charge in [-0.25, -0.2) is 0 Å². The van der Waals surface area contributed by atoms with Gasteiger partial charge >= 0.3 is 5.97 Å². The molecular formula is C21H31NO4. The zero-order chi connectivity index (χ0) is 19.2. The normalized spacial score (nSPS) is 21.4. The SMILES string of the molecule is CC/C=C\CC(O)CC=C1/C(=N\OC)C=CC1C/C=C\CCCC(=O)O. The van der Waals surface area contributed by atoms with Gasteiger partial charge in [0.25, 0.3) is 0 Å². The van der Waals surface area contributed by atoms with Gasteiger partial charge in [-0.3, -0.25) is 4.79 Å². The molecule has 0 saturated carbocycles. The van der Waals surface area contributed by atoms with Crippen LogP contribution < -0.4 is 0 Å². The van der Waals surface area contributed by atoms with Gasteiger partial charge in [-0.05, 0) is 50.2 Å². The molecule has 2 atom stereocenters. The van der Waals surface area contributed by atoms with E-state index in [0.29, 0.717) is 19.3 Å². The minimum atomic E-state index is -0.755. The molecule has 26 heavy (non-hydrogen) atoms. The Morgan fingerprint density at radius 1 is 1.31 bits per heavy atom. The number of unbranched alkanes of at least 4 members (excludes halogenated alkanes) is 1. The molecular weight excluding hydrogens is 330 g/mol. The van der Waals surface area contributed by atoms with Crippen LogP contribution in [0, 0.1) is 5.92 Å². The summed E-state index contributed by atoms with van der Waals surface area (Å²) in [5.74, 6) is -0.548. The first kappa shape index (κ1) is 21.9. The molecule has 0 radical (unpaired) electrons. The van der Waals surface area contributed by atoms with Crippen LogP contribution in [-0.2, 0) is 9.63 Å². The van der Waals surface area contributed by atoms with Crippen molar-refractivity contribution in [2.75, 3.05) is 7.11 Å². The first-order valence-electron chi connectivity index (χ1n) is 9.28. The van der Waals surface area contributed by atoms with Crippen molar-refractivity contribution in [2.24, 2.45) is 11.1 Å². The summed E-state index contributed by atoms with van der Waals surface area (Å²) < 4.78 is 0. The van der Waals surface area contributed by atoms with E-state index in [1.807, 2.05) is 24.3 Å². The van der Waals surface area contributed by atoms with Gasteiger partial charge in [-0.2, -0.15) is 0 Å². The van der Waals surface area contributed by atoms with Crippen LogP contribution in [0.4, 0.5) is 0 Å². The summed E-state index contributed by atoms with van der Waals surface area (Å²) in [6, 6.07) is 0. The Balaban J connectivity index is 2.60. The molecule has 0 aromatic heterocycles. The lowest BCUT2D eigenvalue weighted by Gasteiger charge is -2.11. The summed E-state index contributed by atoms with van der Waals surface area (Å²) in [4.78, 5) is 15.4. The maximum Gasteiger partial charge on any atom is 0.303 e. The molecule has 0 fully saturated rings. The number of aliphatic carboxylic acids is 1. The van der Waals surface area contributed by atoms with Crippen molar-refractivity contribution in [1.29, 1.82) is 0 Å². The average Bonchev–Trinajstić information content (AvgIpc) is 2.98. The van der Waals surface area contributed by atoms with E-state index in [1.165, 1.54) is 7.11 Å². The van der Waals surface area contributed by atoms with E-state index in [2.05, 4.69) is 30.3 Å². The Bertz CT molecular complexity index is 573. The summed E-state index contributed by atoms with van der Waals surface area (Å²) in [6.45, 7) is 2.07. The predicted molar refractivity (Wildman–Crippen MR) is 105 cm³/mol. The summed E-state index contributed by atoms with van der Waals surface area (Å²) >= 11 is 0. The number of hydrogen-bond donors (Lipinski definition) is 2. The van der Waals surface area contributed by atoms with Gasteiger partial charge in [0, 0.05) is 12.3 Å². The van der Waals surface area contributed by atoms with E-state index in [4.69, 9.17) is 9.94 Å². The van der Waals surface area contributed by atoms with Crippen LogP contribution in [0.25, 0.3) is 0 Å². The Hall–Kier alpha value is -2.14. The van der Waals surface area contributed by atoms with Crippen molar-refractivity contribution in [3.05, 3.63) is 48.1 Å². The van der Waals surface area contributed by atoms with Crippen molar-refractivity contribution in [1.82, 2.24) is 0 Å². The van der Waals surface area contributed by atoms with Crippen LogP contribution in [0.2, 0.25) is 0 Å². The number of carboxylic acids is 1. The molecule has 2 N–H and O–H groups in total. The maximum atomic E-state index is 10.5. The fraction of sp³-hybridized carbons (Fsp3) is 0.524. The fourth-order valence-corrected chi connectivity index (χ4v) is 2.75. The van der Waals surface area contributed by atoms with Crippen LogP contribution in [0.5, 0.6) is 0 Å².